The van der Waals surface area contributed by atoms with E-state index in [1.54, 1.807) is 0 Å². The third-order valence-electron chi connectivity index (χ3n) is 2.64. The van der Waals surface area contributed by atoms with Crippen molar-refractivity contribution >= 4 is 31.3 Å². The zero-order chi connectivity index (χ0) is 21.1. The van der Waals surface area contributed by atoms with Crippen LogP contribution in [-0.4, -0.2) is 58.2 Å². The van der Waals surface area contributed by atoms with Crippen molar-refractivity contribution in [3.63, 3.8) is 0 Å². The summed E-state index contributed by atoms with van der Waals surface area (Å²) in [6.07, 6.45) is -2.65. The summed E-state index contributed by atoms with van der Waals surface area (Å²) in [5, 5.41) is 2.74. The quantitative estimate of drug-likeness (QED) is 0.0902. The molecule has 0 aromatic rings. The van der Waals surface area contributed by atoms with Crippen LogP contribution in [0.5, 0.6) is 0 Å². The summed E-state index contributed by atoms with van der Waals surface area (Å²) in [5.74, 6) is -2.80. The van der Waals surface area contributed by atoms with Gasteiger partial charge in [-0.3, -0.25) is 4.52 Å². The Kier molecular flexibility index (Phi) is 8.20. The highest BCUT2D eigenvalue weighted by atomic mass is 31.3. The Balaban J connectivity index is 2.73. The van der Waals surface area contributed by atoms with Gasteiger partial charge in [-0.25, -0.2) is 18.1 Å². The fourth-order valence-corrected chi connectivity index (χ4v) is 4.90. The number of rotatable bonds is 10. The molecule has 1 fully saturated rings. The second kappa shape index (κ2) is 8.97. The summed E-state index contributed by atoms with van der Waals surface area (Å²) in [6.45, 7) is -0.121. The van der Waals surface area contributed by atoms with E-state index in [1.165, 1.54) is 0 Å². The lowest BCUT2D eigenvalue weighted by Crippen LogP contribution is -2.35. The Morgan fingerprint density at radius 2 is 1.89 bits per heavy atom. The van der Waals surface area contributed by atoms with E-state index in [9.17, 15) is 23.0 Å². The number of phosphoric acid groups is 3. The fraction of sp³-hybridized carbons (Fsp3) is 1.00. The first-order valence-corrected chi connectivity index (χ1v) is 11.2. The first kappa shape index (κ1) is 24.7. The van der Waals surface area contributed by atoms with E-state index in [2.05, 4.69) is 23.2 Å². The lowest BCUT2D eigenvalue weighted by atomic mass is 9.96. The molecule has 1 saturated heterocycles. The molecular weight excluding hydrogens is 441 g/mol. The maximum atomic E-state index is 13.8. The topological polar surface area (TPSA) is 227 Å². The van der Waals surface area contributed by atoms with Crippen LogP contribution in [0.25, 0.3) is 10.4 Å². The van der Waals surface area contributed by atoms with Gasteiger partial charge in [0.05, 0.1) is 12.7 Å². The van der Waals surface area contributed by atoms with Crippen molar-refractivity contribution in [3.8, 4) is 0 Å². The van der Waals surface area contributed by atoms with Gasteiger partial charge in [-0.15, -0.1) is 0 Å². The number of alkyl halides is 1. The predicted molar refractivity (Wildman–Crippen MR) is 82.4 cm³/mol. The average Bonchev–Trinajstić information content (AvgIpc) is 2.71. The molecule has 15 nitrogen and oxygen atoms in total. The lowest BCUT2D eigenvalue weighted by Gasteiger charge is -2.25. The smallest absolute Gasteiger partial charge is 0.380 e. The number of hydrogen-bond donors (Lipinski definition) is 4. The fourth-order valence-electron chi connectivity index (χ4n) is 1.87. The minimum absolute atomic E-state index is 0.134. The molecule has 1 rings (SSSR count). The van der Waals surface area contributed by atoms with Crippen molar-refractivity contribution in [3.05, 3.63) is 10.4 Å². The van der Waals surface area contributed by atoms with Crippen molar-refractivity contribution in [2.45, 2.75) is 37.5 Å². The number of ether oxygens (including phenoxy) is 2. The first-order valence-electron chi connectivity index (χ1n) is 6.66. The number of phosphoric ester groups is 1. The van der Waals surface area contributed by atoms with E-state index in [4.69, 9.17) is 37.5 Å². The van der Waals surface area contributed by atoms with Crippen molar-refractivity contribution < 1.29 is 60.3 Å². The molecule has 154 valence electrons. The summed E-state index contributed by atoms with van der Waals surface area (Å²) in [7, 11) is -11.1. The molecule has 4 unspecified atom stereocenters. The molecule has 0 aliphatic carbocycles. The third kappa shape index (κ3) is 9.59. The molecule has 0 aromatic carbocycles. The highest BCUT2D eigenvalue weighted by Gasteiger charge is 2.43. The van der Waals surface area contributed by atoms with Gasteiger partial charge in [0.1, 0.15) is 14.0 Å². The van der Waals surface area contributed by atoms with Crippen molar-refractivity contribution in [2.24, 2.45) is 5.11 Å². The number of halogens is 1. The standard InChI is InChI=1S/C7H14BFN3O12P3/c1-7(9,11-12-10)22-4-2-6(8)21-5(4)3-20-26(16,17)24-27(18,19)23-25(13,14)15/h4-6H,2-3H2,1H3,(H,16,17)(H,18,19)(H2,13,14,15)/t4?,5-,6-,7?/m1/s1. The molecular formula is C7H14BFN3O12P3. The second-order valence-electron chi connectivity index (χ2n) is 5.05. The monoisotopic (exact) mass is 455 g/mol. The number of nitrogens with zero attached hydrogens (tertiary/aromatic N) is 3. The van der Waals surface area contributed by atoms with E-state index >= 15 is 0 Å². The molecule has 4 N–H and O–H groups in total. The van der Waals surface area contributed by atoms with E-state index in [0.29, 0.717) is 0 Å². The molecule has 1 aliphatic heterocycles. The molecule has 27 heavy (non-hydrogen) atoms. The lowest BCUT2D eigenvalue weighted by molar-refractivity contribution is -0.177. The molecule has 0 aromatic heterocycles. The summed E-state index contributed by atoms with van der Waals surface area (Å²) in [4.78, 5) is 37.4. The van der Waals surface area contributed by atoms with Gasteiger partial charge in [0.15, 0.2) is 0 Å². The largest absolute Gasteiger partial charge is 0.490 e. The van der Waals surface area contributed by atoms with Crippen LogP contribution in [0.1, 0.15) is 13.3 Å². The summed E-state index contributed by atoms with van der Waals surface area (Å²) in [5.41, 5.74) is 8.25. The molecule has 6 atom stereocenters. The molecule has 20 heteroatoms. The van der Waals surface area contributed by atoms with E-state index in [-0.39, 0.29) is 6.42 Å². The van der Waals surface area contributed by atoms with Gasteiger partial charge in [-0.2, -0.15) is 8.62 Å². The molecule has 0 saturated carbocycles. The van der Waals surface area contributed by atoms with Gasteiger partial charge in [-0.1, -0.05) is 0 Å². The Bertz CT molecular complexity index is 727. The average molecular weight is 455 g/mol. The van der Waals surface area contributed by atoms with Crippen molar-refractivity contribution in [1.82, 2.24) is 0 Å². The summed E-state index contributed by atoms with van der Waals surface area (Å²) in [6, 6.07) is -1.01. The van der Waals surface area contributed by atoms with Gasteiger partial charge < -0.3 is 29.0 Å². The van der Waals surface area contributed by atoms with Crippen LogP contribution in [0.3, 0.4) is 0 Å². The predicted octanol–water partition coefficient (Wildman–Crippen LogP) is 0.952. The minimum atomic E-state index is -5.68. The Hall–Kier alpha value is -0.365. The van der Waals surface area contributed by atoms with Crippen LogP contribution >= 0.6 is 23.5 Å². The Labute approximate surface area is 152 Å². The molecule has 0 spiro atoms. The normalized spacial score (nSPS) is 29.9. The Morgan fingerprint density at radius 1 is 1.30 bits per heavy atom. The van der Waals surface area contributed by atoms with Crippen LogP contribution in [0.2, 0.25) is 0 Å². The molecule has 0 bridgehead atoms. The van der Waals surface area contributed by atoms with Gasteiger partial charge in [0.2, 0.25) is 0 Å². The zero-order valence-electron chi connectivity index (χ0n) is 13.3. The molecule has 2 radical (unpaired) electrons. The van der Waals surface area contributed by atoms with Crippen LogP contribution < -0.4 is 0 Å². The second-order valence-corrected chi connectivity index (χ2v) is 9.47. The van der Waals surface area contributed by atoms with E-state index < -0.39 is 54.3 Å². The van der Waals surface area contributed by atoms with Crippen LogP contribution in [0.15, 0.2) is 5.11 Å². The Morgan fingerprint density at radius 3 is 2.41 bits per heavy atom. The van der Waals surface area contributed by atoms with Gasteiger partial charge in [0, 0.05) is 17.8 Å². The number of hydrogen-bond acceptors (Lipinski definition) is 9. The molecule has 1 aliphatic rings. The number of azide groups is 1. The summed E-state index contributed by atoms with van der Waals surface area (Å²) >= 11 is 0. The minimum Gasteiger partial charge on any atom is -0.380 e. The van der Waals surface area contributed by atoms with Crippen LogP contribution in [0.4, 0.5) is 4.39 Å². The first-order chi connectivity index (χ1) is 12.0. The van der Waals surface area contributed by atoms with Gasteiger partial charge in [-0.05, 0) is 17.1 Å². The molecule has 0 amide bonds. The molecule has 1 heterocycles. The SMILES string of the molecule is [B][C@H]1CC(OC(C)(F)N=[N+]=[N-])[C@@H](COP(=O)(O)OP(=O)(O)OP(=O)(O)O)O1. The third-order valence-corrected chi connectivity index (χ3v) is 6.44. The van der Waals surface area contributed by atoms with Crippen LogP contribution in [0, 0.1) is 0 Å². The highest BCUT2D eigenvalue weighted by molar-refractivity contribution is 7.66. The highest BCUT2D eigenvalue weighted by Crippen LogP contribution is 2.66. The van der Waals surface area contributed by atoms with Crippen molar-refractivity contribution in [1.29, 1.82) is 0 Å². The van der Waals surface area contributed by atoms with E-state index in [1.807, 2.05) is 0 Å². The summed E-state index contributed by atoms with van der Waals surface area (Å²) < 4.78 is 68.5. The maximum Gasteiger partial charge on any atom is 0.490 e. The van der Waals surface area contributed by atoms with Crippen LogP contribution in [-0.2, 0) is 36.3 Å². The maximum absolute atomic E-state index is 13.8. The van der Waals surface area contributed by atoms with E-state index in [0.717, 1.165) is 6.92 Å². The van der Waals surface area contributed by atoms with Crippen molar-refractivity contribution in [2.75, 3.05) is 6.61 Å². The van der Waals surface area contributed by atoms with Gasteiger partial charge in [0.25, 0.3) is 5.98 Å². The van der Waals surface area contributed by atoms with Gasteiger partial charge >= 0.3 is 23.5 Å². The zero-order valence-corrected chi connectivity index (χ0v) is 16.0.